The van der Waals surface area contributed by atoms with Gasteiger partial charge in [0.15, 0.2) is 5.82 Å². The monoisotopic (exact) mass is 276 g/mol. The number of anilines is 2. The molecule has 1 fully saturated rings. The van der Waals surface area contributed by atoms with E-state index in [9.17, 15) is 4.79 Å². The maximum absolute atomic E-state index is 11.8. The van der Waals surface area contributed by atoms with Gasteiger partial charge in [0.05, 0.1) is 0 Å². The van der Waals surface area contributed by atoms with Crippen molar-refractivity contribution >= 4 is 17.5 Å². The van der Waals surface area contributed by atoms with Crippen LogP contribution in [0.4, 0.5) is 11.6 Å². The molecule has 0 bridgehead atoms. The molecule has 110 valence electrons. The second-order valence-electron chi connectivity index (χ2n) is 6.49. The van der Waals surface area contributed by atoms with Crippen molar-refractivity contribution in [2.75, 3.05) is 10.6 Å². The standard InChI is InChI=1S/C15H24N4O/c1-15(2,3)14(20)17-13-10-9-12(18-19-13)16-11-7-5-4-6-8-11/h9-11H,4-8H2,1-3H3,(H,16,18)(H,17,19,20). The van der Waals surface area contributed by atoms with Gasteiger partial charge in [-0.15, -0.1) is 10.2 Å². The molecule has 0 spiro atoms. The highest BCUT2D eigenvalue weighted by atomic mass is 16.2. The van der Waals surface area contributed by atoms with Gasteiger partial charge in [-0.1, -0.05) is 40.0 Å². The summed E-state index contributed by atoms with van der Waals surface area (Å²) < 4.78 is 0. The number of carbonyl (C=O) groups excluding carboxylic acids is 1. The predicted molar refractivity (Wildman–Crippen MR) is 80.6 cm³/mol. The Balaban J connectivity index is 1.91. The van der Waals surface area contributed by atoms with Crippen LogP contribution in [0.2, 0.25) is 0 Å². The summed E-state index contributed by atoms with van der Waals surface area (Å²) in [6.45, 7) is 5.61. The van der Waals surface area contributed by atoms with Gasteiger partial charge in [0.2, 0.25) is 5.91 Å². The Morgan fingerprint density at radius 2 is 1.70 bits per heavy atom. The number of nitrogens with one attached hydrogen (secondary N) is 2. The summed E-state index contributed by atoms with van der Waals surface area (Å²) in [7, 11) is 0. The molecule has 0 atom stereocenters. The quantitative estimate of drug-likeness (QED) is 0.889. The molecule has 1 saturated carbocycles. The first-order valence-electron chi connectivity index (χ1n) is 7.37. The van der Waals surface area contributed by atoms with Gasteiger partial charge in [0.25, 0.3) is 0 Å². The Labute approximate surface area is 120 Å². The predicted octanol–water partition coefficient (Wildman–Crippen LogP) is 3.21. The molecule has 1 aromatic heterocycles. The highest BCUT2D eigenvalue weighted by Gasteiger charge is 2.21. The number of amides is 1. The van der Waals surface area contributed by atoms with E-state index in [1.54, 1.807) is 6.07 Å². The van der Waals surface area contributed by atoms with Gasteiger partial charge < -0.3 is 10.6 Å². The molecule has 2 rings (SSSR count). The van der Waals surface area contributed by atoms with Gasteiger partial charge >= 0.3 is 0 Å². The molecule has 0 aromatic carbocycles. The third-order valence-corrected chi connectivity index (χ3v) is 3.54. The van der Waals surface area contributed by atoms with E-state index in [-0.39, 0.29) is 5.91 Å². The Morgan fingerprint density at radius 1 is 1.10 bits per heavy atom. The van der Waals surface area contributed by atoms with E-state index in [1.165, 1.54) is 32.1 Å². The normalized spacial score (nSPS) is 16.8. The van der Waals surface area contributed by atoms with Gasteiger partial charge in [0.1, 0.15) is 5.82 Å². The molecular formula is C15H24N4O. The summed E-state index contributed by atoms with van der Waals surface area (Å²) >= 11 is 0. The van der Waals surface area contributed by atoms with Crippen LogP contribution < -0.4 is 10.6 Å². The smallest absolute Gasteiger partial charge is 0.230 e. The first-order valence-corrected chi connectivity index (χ1v) is 7.37. The Hall–Kier alpha value is -1.65. The number of hydrogen-bond acceptors (Lipinski definition) is 4. The summed E-state index contributed by atoms with van der Waals surface area (Å²) in [4.78, 5) is 11.8. The maximum atomic E-state index is 11.8. The molecule has 0 saturated heterocycles. The SMILES string of the molecule is CC(C)(C)C(=O)Nc1ccc(NC2CCCCC2)nn1. The molecule has 20 heavy (non-hydrogen) atoms. The maximum Gasteiger partial charge on any atom is 0.230 e. The zero-order valence-electron chi connectivity index (χ0n) is 12.6. The lowest BCUT2D eigenvalue weighted by atomic mass is 9.95. The van der Waals surface area contributed by atoms with Gasteiger partial charge in [-0.2, -0.15) is 0 Å². The van der Waals surface area contributed by atoms with E-state index in [1.807, 2.05) is 26.8 Å². The van der Waals surface area contributed by atoms with Gasteiger partial charge in [0, 0.05) is 11.5 Å². The third kappa shape index (κ3) is 4.18. The molecule has 0 unspecified atom stereocenters. The van der Waals surface area contributed by atoms with Crippen molar-refractivity contribution in [1.29, 1.82) is 0 Å². The highest BCUT2D eigenvalue weighted by molar-refractivity contribution is 5.93. The van der Waals surface area contributed by atoms with E-state index < -0.39 is 5.41 Å². The van der Waals surface area contributed by atoms with Crippen LogP contribution in [0.15, 0.2) is 12.1 Å². The van der Waals surface area contributed by atoms with E-state index in [4.69, 9.17) is 0 Å². The van der Waals surface area contributed by atoms with Crippen LogP contribution in [0, 0.1) is 5.41 Å². The summed E-state index contributed by atoms with van der Waals surface area (Å²) in [5.74, 6) is 1.23. The van der Waals surface area contributed by atoms with E-state index in [0.29, 0.717) is 11.9 Å². The van der Waals surface area contributed by atoms with Crippen LogP contribution in [0.3, 0.4) is 0 Å². The molecule has 0 radical (unpaired) electrons. The average molecular weight is 276 g/mol. The fraction of sp³-hybridized carbons (Fsp3) is 0.667. The van der Waals surface area contributed by atoms with E-state index >= 15 is 0 Å². The molecule has 1 heterocycles. The molecule has 0 aliphatic heterocycles. The van der Waals surface area contributed by atoms with E-state index in [0.717, 1.165) is 5.82 Å². The summed E-state index contributed by atoms with van der Waals surface area (Å²) in [5, 5.41) is 14.4. The average Bonchev–Trinajstić information content (AvgIpc) is 2.41. The topological polar surface area (TPSA) is 66.9 Å². The summed E-state index contributed by atoms with van der Waals surface area (Å²) in [6.07, 6.45) is 6.30. The minimum Gasteiger partial charge on any atom is -0.366 e. The van der Waals surface area contributed by atoms with Crippen molar-refractivity contribution in [3.8, 4) is 0 Å². The molecule has 1 amide bonds. The summed E-state index contributed by atoms with van der Waals surface area (Å²) in [5.41, 5.74) is -0.430. The lowest BCUT2D eigenvalue weighted by molar-refractivity contribution is -0.123. The van der Waals surface area contributed by atoms with Crippen molar-refractivity contribution in [3.63, 3.8) is 0 Å². The van der Waals surface area contributed by atoms with Gasteiger partial charge in [-0.3, -0.25) is 4.79 Å². The lowest BCUT2D eigenvalue weighted by Crippen LogP contribution is -2.28. The molecule has 1 aliphatic carbocycles. The van der Waals surface area contributed by atoms with Crippen LogP contribution in [0.1, 0.15) is 52.9 Å². The molecule has 5 heteroatoms. The van der Waals surface area contributed by atoms with Crippen molar-refractivity contribution in [2.45, 2.75) is 58.9 Å². The van der Waals surface area contributed by atoms with Crippen LogP contribution in [-0.4, -0.2) is 22.1 Å². The Bertz CT molecular complexity index is 444. The van der Waals surface area contributed by atoms with Crippen molar-refractivity contribution in [3.05, 3.63) is 12.1 Å². The molecular weight excluding hydrogens is 252 g/mol. The largest absolute Gasteiger partial charge is 0.366 e. The van der Waals surface area contributed by atoms with Crippen molar-refractivity contribution in [2.24, 2.45) is 5.41 Å². The minimum atomic E-state index is -0.430. The first kappa shape index (κ1) is 14.8. The number of carbonyl (C=O) groups is 1. The van der Waals surface area contributed by atoms with Gasteiger partial charge in [-0.25, -0.2) is 0 Å². The second-order valence-corrected chi connectivity index (χ2v) is 6.49. The minimum absolute atomic E-state index is 0.0558. The zero-order chi connectivity index (χ0) is 14.6. The molecule has 5 nitrogen and oxygen atoms in total. The van der Waals surface area contributed by atoms with Crippen LogP contribution in [0.5, 0.6) is 0 Å². The Kier molecular flexibility index (Phi) is 4.57. The van der Waals surface area contributed by atoms with Crippen molar-refractivity contribution in [1.82, 2.24) is 10.2 Å². The Morgan fingerprint density at radius 3 is 2.25 bits per heavy atom. The fourth-order valence-corrected chi connectivity index (χ4v) is 2.24. The summed E-state index contributed by atoms with van der Waals surface area (Å²) in [6, 6.07) is 4.18. The second kappa shape index (κ2) is 6.20. The van der Waals surface area contributed by atoms with E-state index in [2.05, 4.69) is 20.8 Å². The van der Waals surface area contributed by atoms with Crippen LogP contribution in [0.25, 0.3) is 0 Å². The number of hydrogen-bond donors (Lipinski definition) is 2. The number of aromatic nitrogens is 2. The van der Waals surface area contributed by atoms with Crippen molar-refractivity contribution < 1.29 is 4.79 Å². The molecule has 2 N–H and O–H groups in total. The molecule has 1 aromatic rings. The zero-order valence-corrected chi connectivity index (χ0v) is 12.6. The van der Waals surface area contributed by atoms with Crippen LogP contribution in [-0.2, 0) is 4.79 Å². The number of nitrogens with zero attached hydrogens (tertiary/aromatic N) is 2. The third-order valence-electron chi connectivity index (χ3n) is 3.54. The highest BCUT2D eigenvalue weighted by Crippen LogP contribution is 2.21. The fourth-order valence-electron chi connectivity index (χ4n) is 2.24. The lowest BCUT2D eigenvalue weighted by Gasteiger charge is -2.23. The number of rotatable bonds is 3. The molecule has 1 aliphatic rings. The van der Waals surface area contributed by atoms with Crippen LogP contribution >= 0.6 is 0 Å². The van der Waals surface area contributed by atoms with Gasteiger partial charge in [-0.05, 0) is 25.0 Å². The first-order chi connectivity index (χ1) is 9.45.